The molecule has 1 rings (SSSR count). The molecule has 0 heterocycles. The van der Waals surface area contributed by atoms with Gasteiger partial charge in [-0.15, -0.1) is 0 Å². The number of non-ortho nitro benzene ring substituents is 1. The quantitative estimate of drug-likeness (QED) is 0.611. The van der Waals surface area contributed by atoms with Crippen molar-refractivity contribution in [1.82, 2.24) is 0 Å². The molecule has 0 saturated heterocycles. The number of thioether (sulfide) groups is 1. The second-order valence-electron chi connectivity index (χ2n) is 3.59. The van der Waals surface area contributed by atoms with Crippen LogP contribution in [0.3, 0.4) is 0 Å². The van der Waals surface area contributed by atoms with Crippen molar-refractivity contribution in [2.45, 2.75) is 18.6 Å². The summed E-state index contributed by atoms with van der Waals surface area (Å²) in [4.78, 5) is 10.1. The van der Waals surface area contributed by atoms with Gasteiger partial charge in [-0.05, 0) is 17.7 Å². The molecule has 5 heteroatoms. The van der Waals surface area contributed by atoms with Gasteiger partial charge in [-0.1, -0.05) is 19.1 Å². The van der Waals surface area contributed by atoms with E-state index in [0.29, 0.717) is 11.8 Å². The molecule has 1 aromatic carbocycles. The first-order valence-electron chi connectivity index (χ1n) is 5.18. The highest BCUT2D eigenvalue weighted by atomic mass is 32.2. The first kappa shape index (κ1) is 13.0. The van der Waals surface area contributed by atoms with E-state index in [4.69, 9.17) is 5.73 Å². The third kappa shape index (κ3) is 4.20. The highest BCUT2D eigenvalue weighted by molar-refractivity contribution is 7.99. The fourth-order valence-electron chi connectivity index (χ4n) is 1.23. The molecule has 0 aromatic heterocycles. The molecule has 0 amide bonds. The number of rotatable bonds is 6. The average Bonchev–Trinajstić information content (AvgIpc) is 2.29. The van der Waals surface area contributed by atoms with Crippen molar-refractivity contribution in [2.75, 3.05) is 12.3 Å². The molecule has 0 aliphatic rings. The predicted molar refractivity (Wildman–Crippen MR) is 67.8 cm³/mol. The fraction of sp³-hybridized carbons (Fsp3) is 0.455. The number of aryl methyl sites for hydroxylation is 1. The second kappa shape index (κ2) is 6.50. The summed E-state index contributed by atoms with van der Waals surface area (Å²) in [6.45, 7) is 2.78. The van der Waals surface area contributed by atoms with Gasteiger partial charge < -0.3 is 5.73 Å². The Morgan fingerprint density at radius 1 is 1.44 bits per heavy atom. The van der Waals surface area contributed by atoms with Crippen LogP contribution in [0.4, 0.5) is 5.69 Å². The fourth-order valence-corrected chi connectivity index (χ4v) is 2.12. The van der Waals surface area contributed by atoms with Gasteiger partial charge in [0, 0.05) is 23.9 Å². The minimum atomic E-state index is -0.380. The van der Waals surface area contributed by atoms with E-state index in [9.17, 15) is 10.1 Å². The lowest BCUT2D eigenvalue weighted by Crippen LogP contribution is -2.13. The van der Waals surface area contributed by atoms with Gasteiger partial charge in [0.1, 0.15) is 0 Å². The van der Waals surface area contributed by atoms with E-state index in [1.165, 1.54) is 0 Å². The highest BCUT2D eigenvalue weighted by Crippen LogP contribution is 2.15. The normalized spacial score (nSPS) is 12.4. The SMILES string of the molecule is CC(CN)SCCc1ccc([N+](=O)[O-])cc1. The van der Waals surface area contributed by atoms with Crippen molar-refractivity contribution in [3.05, 3.63) is 39.9 Å². The van der Waals surface area contributed by atoms with Crippen molar-refractivity contribution in [1.29, 1.82) is 0 Å². The van der Waals surface area contributed by atoms with Crippen LogP contribution >= 0.6 is 11.8 Å². The molecule has 0 fully saturated rings. The third-order valence-electron chi connectivity index (χ3n) is 2.27. The van der Waals surface area contributed by atoms with Crippen LogP contribution in [0.15, 0.2) is 24.3 Å². The summed E-state index contributed by atoms with van der Waals surface area (Å²) < 4.78 is 0. The molecule has 1 unspecified atom stereocenters. The molecule has 1 aromatic rings. The summed E-state index contributed by atoms with van der Waals surface area (Å²) in [5, 5.41) is 10.9. The lowest BCUT2D eigenvalue weighted by atomic mass is 10.1. The summed E-state index contributed by atoms with van der Waals surface area (Å²) in [5.41, 5.74) is 6.78. The molecule has 0 spiro atoms. The van der Waals surface area contributed by atoms with Crippen LogP contribution in [0.2, 0.25) is 0 Å². The zero-order chi connectivity index (χ0) is 12.0. The first-order chi connectivity index (χ1) is 7.63. The molecule has 1 atom stereocenters. The maximum atomic E-state index is 10.4. The Labute approximate surface area is 99.4 Å². The standard InChI is InChI=1S/C11H16N2O2S/c1-9(8-12)16-7-6-10-2-4-11(5-3-10)13(14)15/h2-5,9H,6-8,12H2,1H3. The Balaban J connectivity index is 2.40. The van der Waals surface area contributed by atoms with Crippen LogP contribution in [0.1, 0.15) is 12.5 Å². The zero-order valence-corrected chi connectivity index (χ0v) is 10.1. The summed E-state index contributed by atoms with van der Waals surface area (Å²) in [6, 6.07) is 6.72. The van der Waals surface area contributed by atoms with Crippen LogP contribution in [0.5, 0.6) is 0 Å². The van der Waals surface area contributed by atoms with Gasteiger partial charge in [-0.2, -0.15) is 11.8 Å². The molecule has 2 N–H and O–H groups in total. The number of nitro groups is 1. The Kier molecular flexibility index (Phi) is 5.28. The number of nitrogens with two attached hydrogens (primary N) is 1. The molecule has 4 nitrogen and oxygen atoms in total. The highest BCUT2D eigenvalue weighted by Gasteiger charge is 2.04. The molecular formula is C11H16N2O2S. The zero-order valence-electron chi connectivity index (χ0n) is 9.26. The lowest BCUT2D eigenvalue weighted by Gasteiger charge is -2.07. The molecule has 0 aliphatic carbocycles. The largest absolute Gasteiger partial charge is 0.329 e. The van der Waals surface area contributed by atoms with Gasteiger partial charge in [0.25, 0.3) is 5.69 Å². The maximum absolute atomic E-state index is 10.4. The summed E-state index contributed by atoms with van der Waals surface area (Å²) in [6.07, 6.45) is 0.924. The van der Waals surface area contributed by atoms with Crippen LogP contribution < -0.4 is 5.73 Å². The molecule has 16 heavy (non-hydrogen) atoms. The number of hydrogen-bond acceptors (Lipinski definition) is 4. The Hall–Kier alpha value is -1.07. The minimum Gasteiger partial charge on any atom is -0.329 e. The smallest absolute Gasteiger partial charge is 0.269 e. The molecule has 0 bridgehead atoms. The Morgan fingerprint density at radius 3 is 2.56 bits per heavy atom. The molecule has 0 aliphatic heterocycles. The van der Waals surface area contributed by atoms with E-state index in [-0.39, 0.29) is 10.6 Å². The van der Waals surface area contributed by atoms with Crippen molar-refractivity contribution in [3.63, 3.8) is 0 Å². The Morgan fingerprint density at radius 2 is 2.06 bits per heavy atom. The summed E-state index contributed by atoms with van der Waals surface area (Å²) >= 11 is 1.82. The molecule has 0 radical (unpaired) electrons. The average molecular weight is 240 g/mol. The van der Waals surface area contributed by atoms with E-state index in [1.807, 2.05) is 23.9 Å². The van der Waals surface area contributed by atoms with Crippen LogP contribution in [0.25, 0.3) is 0 Å². The first-order valence-corrected chi connectivity index (χ1v) is 6.23. The molecule has 88 valence electrons. The van der Waals surface area contributed by atoms with Crippen LogP contribution in [-0.2, 0) is 6.42 Å². The van der Waals surface area contributed by atoms with Gasteiger partial charge in [0.2, 0.25) is 0 Å². The summed E-state index contributed by atoms with van der Waals surface area (Å²) in [7, 11) is 0. The molecule has 0 saturated carbocycles. The maximum Gasteiger partial charge on any atom is 0.269 e. The van der Waals surface area contributed by atoms with E-state index >= 15 is 0 Å². The topological polar surface area (TPSA) is 69.2 Å². The van der Waals surface area contributed by atoms with Crippen molar-refractivity contribution >= 4 is 17.4 Å². The minimum absolute atomic E-state index is 0.145. The number of hydrogen-bond donors (Lipinski definition) is 1. The van der Waals surface area contributed by atoms with Crippen molar-refractivity contribution in [3.8, 4) is 0 Å². The summed E-state index contributed by atoms with van der Waals surface area (Å²) in [5.74, 6) is 0.996. The van der Waals surface area contributed by atoms with E-state index in [0.717, 1.165) is 17.7 Å². The lowest BCUT2D eigenvalue weighted by molar-refractivity contribution is -0.384. The van der Waals surface area contributed by atoms with Gasteiger partial charge in [-0.25, -0.2) is 0 Å². The predicted octanol–water partition coefficient (Wildman–Crippen LogP) is 2.22. The van der Waals surface area contributed by atoms with E-state index in [1.54, 1.807) is 12.1 Å². The van der Waals surface area contributed by atoms with E-state index in [2.05, 4.69) is 6.92 Å². The van der Waals surface area contributed by atoms with Gasteiger partial charge in [0.05, 0.1) is 4.92 Å². The van der Waals surface area contributed by atoms with Crippen molar-refractivity contribution < 1.29 is 4.92 Å². The third-order valence-corrected chi connectivity index (χ3v) is 3.47. The monoisotopic (exact) mass is 240 g/mol. The van der Waals surface area contributed by atoms with E-state index < -0.39 is 0 Å². The Bertz CT molecular complexity index is 340. The number of nitrogens with zero attached hydrogens (tertiary/aromatic N) is 1. The number of benzene rings is 1. The van der Waals surface area contributed by atoms with Crippen LogP contribution in [-0.4, -0.2) is 22.5 Å². The number of nitro benzene ring substituents is 1. The second-order valence-corrected chi connectivity index (χ2v) is 5.14. The van der Waals surface area contributed by atoms with Crippen molar-refractivity contribution in [2.24, 2.45) is 5.73 Å². The molecular weight excluding hydrogens is 224 g/mol. The van der Waals surface area contributed by atoms with Gasteiger partial charge in [-0.3, -0.25) is 10.1 Å². The van der Waals surface area contributed by atoms with Gasteiger partial charge in [0.15, 0.2) is 0 Å². The van der Waals surface area contributed by atoms with Gasteiger partial charge >= 0.3 is 0 Å². The van der Waals surface area contributed by atoms with Crippen LogP contribution in [0, 0.1) is 10.1 Å².